The zero-order valence-corrected chi connectivity index (χ0v) is 14.4. The van der Waals surface area contributed by atoms with Crippen LogP contribution in [0.25, 0.3) is 11.3 Å². The summed E-state index contributed by atoms with van der Waals surface area (Å²) in [6, 6.07) is 8.66. The second kappa shape index (κ2) is 8.90. The van der Waals surface area contributed by atoms with E-state index in [4.69, 9.17) is 18.7 Å². The molecule has 1 unspecified atom stereocenters. The van der Waals surface area contributed by atoms with E-state index in [0.29, 0.717) is 17.3 Å². The topological polar surface area (TPSA) is 136 Å². The largest absolute Gasteiger partial charge is 0.519 e. The summed E-state index contributed by atoms with van der Waals surface area (Å²) in [7, 11) is 0. The van der Waals surface area contributed by atoms with Crippen LogP contribution in [-0.2, 0) is 20.9 Å². The van der Waals surface area contributed by atoms with E-state index in [9.17, 15) is 19.2 Å². The maximum atomic E-state index is 11.8. The molecule has 0 aliphatic rings. The minimum atomic E-state index is -1.19. The van der Waals surface area contributed by atoms with Crippen molar-refractivity contribution in [3.05, 3.63) is 46.7 Å². The Balaban J connectivity index is 1.93. The van der Waals surface area contributed by atoms with E-state index in [1.807, 2.05) is 0 Å². The SMILES string of the molecule is CC(SC(=O)OCc1oc(=O)oc1-c1ccccc1)C(=O)NCC(=O)O. The average molecular weight is 381 g/mol. The number of nitrogens with one attached hydrogen (secondary N) is 1. The Bertz CT molecular complexity index is 841. The summed E-state index contributed by atoms with van der Waals surface area (Å²) < 4.78 is 14.8. The van der Waals surface area contributed by atoms with Crippen LogP contribution in [0.4, 0.5) is 4.79 Å². The lowest BCUT2D eigenvalue weighted by molar-refractivity contribution is -0.137. The van der Waals surface area contributed by atoms with E-state index in [1.54, 1.807) is 30.3 Å². The van der Waals surface area contributed by atoms with Crippen molar-refractivity contribution in [2.45, 2.75) is 18.8 Å². The number of aliphatic carboxylic acids is 1. The fourth-order valence-electron chi connectivity index (χ4n) is 1.88. The molecule has 1 aromatic carbocycles. The van der Waals surface area contributed by atoms with Crippen molar-refractivity contribution in [3.8, 4) is 11.3 Å². The van der Waals surface area contributed by atoms with E-state index in [-0.39, 0.29) is 18.1 Å². The van der Waals surface area contributed by atoms with Gasteiger partial charge in [0.15, 0.2) is 18.1 Å². The third kappa shape index (κ3) is 5.52. The number of hydrogen-bond acceptors (Lipinski definition) is 8. The number of hydrogen-bond donors (Lipinski definition) is 2. The normalized spacial score (nSPS) is 11.6. The molecular formula is C16H15NO8S. The lowest BCUT2D eigenvalue weighted by Gasteiger charge is -2.09. The van der Waals surface area contributed by atoms with E-state index < -0.39 is 34.8 Å². The van der Waals surface area contributed by atoms with Gasteiger partial charge < -0.3 is 24.0 Å². The van der Waals surface area contributed by atoms with Crippen molar-refractivity contribution in [1.29, 1.82) is 0 Å². The van der Waals surface area contributed by atoms with Crippen LogP contribution < -0.4 is 11.1 Å². The van der Waals surface area contributed by atoms with Crippen LogP contribution in [0.2, 0.25) is 0 Å². The summed E-state index contributed by atoms with van der Waals surface area (Å²) in [5.74, 6) is -2.54. The van der Waals surface area contributed by atoms with Gasteiger partial charge in [-0.2, -0.15) is 0 Å². The first-order valence-electron chi connectivity index (χ1n) is 7.38. The molecule has 2 N–H and O–H groups in total. The van der Waals surface area contributed by atoms with Gasteiger partial charge in [-0.25, -0.2) is 9.59 Å². The molecule has 0 bridgehead atoms. The van der Waals surface area contributed by atoms with Crippen molar-refractivity contribution in [2.75, 3.05) is 6.54 Å². The van der Waals surface area contributed by atoms with Gasteiger partial charge in [-0.3, -0.25) is 9.59 Å². The molecule has 1 heterocycles. The number of carboxylic acids is 1. The average Bonchev–Trinajstić information content (AvgIpc) is 2.99. The molecule has 0 aliphatic heterocycles. The van der Waals surface area contributed by atoms with Crippen molar-refractivity contribution in [3.63, 3.8) is 0 Å². The molecule has 1 atom stereocenters. The number of rotatable bonds is 7. The first-order valence-corrected chi connectivity index (χ1v) is 8.26. The first-order chi connectivity index (χ1) is 12.4. The second-order valence-electron chi connectivity index (χ2n) is 4.98. The Kier molecular flexibility index (Phi) is 6.61. The smallest absolute Gasteiger partial charge is 0.480 e. The van der Waals surface area contributed by atoms with Crippen LogP contribution in [0.3, 0.4) is 0 Å². The molecule has 10 heteroatoms. The van der Waals surface area contributed by atoms with E-state index >= 15 is 0 Å². The van der Waals surface area contributed by atoms with Crippen molar-refractivity contribution < 1.29 is 33.1 Å². The molecule has 0 aliphatic carbocycles. The first kappa shape index (κ1) is 19.3. The third-order valence-corrected chi connectivity index (χ3v) is 3.94. The summed E-state index contributed by atoms with van der Waals surface area (Å²) in [5.41, 5.74) is 0.582. The Morgan fingerprint density at radius 3 is 2.58 bits per heavy atom. The highest BCUT2D eigenvalue weighted by Gasteiger charge is 2.21. The lowest BCUT2D eigenvalue weighted by Crippen LogP contribution is -2.35. The van der Waals surface area contributed by atoms with Gasteiger partial charge in [-0.1, -0.05) is 30.3 Å². The van der Waals surface area contributed by atoms with Crippen LogP contribution >= 0.6 is 11.8 Å². The zero-order valence-electron chi connectivity index (χ0n) is 13.6. The van der Waals surface area contributed by atoms with E-state index in [0.717, 1.165) is 0 Å². The number of carbonyl (C=O) groups excluding carboxylic acids is 2. The van der Waals surface area contributed by atoms with Crippen LogP contribution in [0.15, 0.2) is 44.0 Å². The summed E-state index contributed by atoms with van der Waals surface area (Å²) in [6.45, 7) is 0.529. The maximum absolute atomic E-state index is 11.8. The van der Waals surface area contributed by atoms with Crippen molar-refractivity contribution in [1.82, 2.24) is 5.32 Å². The monoisotopic (exact) mass is 381 g/mol. The van der Waals surface area contributed by atoms with Crippen LogP contribution in [0.5, 0.6) is 0 Å². The number of carboxylic acid groups (broad SMARTS) is 1. The minimum Gasteiger partial charge on any atom is -0.480 e. The molecule has 9 nitrogen and oxygen atoms in total. The lowest BCUT2D eigenvalue weighted by atomic mass is 10.1. The molecule has 0 radical (unpaired) electrons. The number of carbonyl (C=O) groups is 3. The molecule has 138 valence electrons. The number of thioether (sulfide) groups is 1. The van der Waals surface area contributed by atoms with Gasteiger partial charge in [-0.15, -0.1) is 0 Å². The highest BCUT2D eigenvalue weighted by atomic mass is 32.2. The van der Waals surface area contributed by atoms with Crippen LogP contribution in [0, 0.1) is 0 Å². The van der Waals surface area contributed by atoms with Crippen LogP contribution in [-0.4, -0.2) is 34.1 Å². The second-order valence-corrected chi connectivity index (χ2v) is 6.26. The van der Waals surface area contributed by atoms with Crippen LogP contribution in [0.1, 0.15) is 12.7 Å². The quantitative estimate of drug-likeness (QED) is 0.689. The molecule has 0 saturated heterocycles. The molecule has 1 aromatic heterocycles. The van der Waals surface area contributed by atoms with Crippen molar-refractivity contribution in [2.24, 2.45) is 0 Å². The van der Waals surface area contributed by atoms with Gasteiger partial charge in [0, 0.05) is 5.56 Å². The molecule has 0 spiro atoms. The van der Waals surface area contributed by atoms with Gasteiger partial charge in [-0.05, 0) is 18.7 Å². The number of ether oxygens (including phenoxy) is 1. The summed E-state index contributed by atoms with van der Waals surface area (Å²) in [6.07, 6.45) is 0. The van der Waals surface area contributed by atoms with Crippen molar-refractivity contribution >= 4 is 28.9 Å². The standard InChI is InChI=1S/C16H15NO8S/c1-9(14(20)17-7-12(18)19)26-16(22)23-8-11-13(25-15(21)24-11)10-5-3-2-4-6-10/h2-6,9H,7-8H2,1H3,(H,17,20)(H,18,19). The Morgan fingerprint density at radius 2 is 1.92 bits per heavy atom. The van der Waals surface area contributed by atoms with Gasteiger partial charge in [0.2, 0.25) is 5.91 Å². The predicted molar refractivity (Wildman–Crippen MR) is 90.6 cm³/mol. The predicted octanol–water partition coefficient (Wildman–Crippen LogP) is 1.86. The fourth-order valence-corrected chi connectivity index (χ4v) is 2.48. The molecule has 0 fully saturated rings. The number of benzene rings is 1. The van der Waals surface area contributed by atoms with Gasteiger partial charge in [0.1, 0.15) is 6.54 Å². The molecular weight excluding hydrogens is 366 g/mol. The fraction of sp³-hybridized carbons (Fsp3) is 0.250. The summed E-state index contributed by atoms with van der Waals surface area (Å²) in [4.78, 5) is 45.2. The summed E-state index contributed by atoms with van der Waals surface area (Å²) in [5, 5.41) is 9.01. The highest BCUT2D eigenvalue weighted by Crippen LogP contribution is 2.24. The highest BCUT2D eigenvalue weighted by molar-refractivity contribution is 8.14. The minimum absolute atomic E-state index is 0.0399. The molecule has 26 heavy (non-hydrogen) atoms. The maximum Gasteiger partial charge on any atom is 0.519 e. The molecule has 1 amide bonds. The Labute approximate surface area is 151 Å². The van der Waals surface area contributed by atoms with Gasteiger partial charge >= 0.3 is 17.1 Å². The van der Waals surface area contributed by atoms with Gasteiger partial charge in [0.05, 0.1) is 5.25 Å². The molecule has 2 rings (SSSR count). The Morgan fingerprint density at radius 1 is 1.23 bits per heavy atom. The van der Waals surface area contributed by atoms with Gasteiger partial charge in [0.25, 0.3) is 0 Å². The summed E-state index contributed by atoms with van der Waals surface area (Å²) >= 11 is 0.571. The molecule has 2 aromatic rings. The number of amides is 1. The van der Waals surface area contributed by atoms with E-state index in [1.165, 1.54) is 6.92 Å². The third-order valence-electron chi connectivity index (χ3n) is 3.06. The molecule has 0 saturated carbocycles. The zero-order chi connectivity index (χ0) is 19.1. The Hall–Kier alpha value is -3.01. The van der Waals surface area contributed by atoms with E-state index in [2.05, 4.69) is 5.32 Å².